The van der Waals surface area contributed by atoms with Crippen LogP contribution in [0.1, 0.15) is 41.6 Å². The summed E-state index contributed by atoms with van der Waals surface area (Å²) < 4.78 is 5.77. The van der Waals surface area contributed by atoms with Crippen molar-refractivity contribution in [2.75, 3.05) is 26.2 Å². The predicted molar refractivity (Wildman–Crippen MR) is 124 cm³/mol. The highest BCUT2D eigenvalue weighted by Crippen LogP contribution is 2.39. The number of carbonyl (C=O) groups excluding carboxylic acids is 2. The molecule has 1 atom stereocenters. The van der Waals surface area contributed by atoms with Crippen LogP contribution in [-0.4, -0.2) is 52.8 Å². The Morgan fingerprint density at radius 3 is 2.53 bits per heavy atom. The number of rotatable bonds is 8. The van der Waals surface area contributed by atoms with E-state index < -0.39 is 23.5 Å². The first-order chi connectivity index (χ1) is 15.4. The number of furan rings is 1. The smallest absolute Gasteiger partial charge is 0.290 e. The number of likely N-dealkylation sites (N-methyl/N-ethyl adjacent to an activating group) is 1. The maximum Gasteiger partial charge on any atom is 0.290 e. The Morgan fingerprint density at radius 2 is 1.84 bits per heavy atom. The third kappa shape index (κ3) is 3.94. The van der Waals surface area contributed by atoms with E-state index in [1.54, 1.807) is 17.0 Å². The second-order valence-electron chi connectivity index (χ2n) is 8.08. The highest BCUT2D eigenvalue weighted by molar-refractivity contribution is 6.16. The van der Waals surface area contributed by atoms with Gasteiger partial charge in [0.25, 0.3) is 5.91 Å². The number of ketones is 1. The average molecular weight is 433 g/mol. The van der Waals surface area contributed by atoms with E-state index in [1.165, 1.54) is 0 Å². The summed E-state index contributed by atoms with van der Waals surface area (Å²) in [4.78, 5) is 30.4. The summed E-state index contributed by atoms with van der Waals surface area (Å²) >= 11 is 0. The van der Waals surface area contributed by atoms with Gasteiger partial charge in [-0.05, 0) is 37.7 Å². The van der Waals surface area contributed by atoms with Crippen LogP contribution in [-0.2, 0) is 4.79 Å². The van der Waals surface area contributed by atoms with Crippen LogP contribution in [0.3, 0.4) is 0 Å². The van der Waals surface area contributed by atoms with Gasteiger partial charge in [-0.2, -0.15) is 0 Å². The third-order valence-electron chi connectivity index (χ3n) is 6.11. The lowest BCUT2D eigenvalue weighted by Gasteiger charge is -2.29. The van der Waals surface area contributed by atoms with Crippen LogP contribution in [0.15, 0.2) is 70.3 Å². The monoisotopic (exact) mass is 432 g/mol. The zero-order valence-corrected chi connectivity index (χ0v) is 18.7. The van der Waals surface area contributed by atoms with Crippen molar-refractivity contribution < 1.29 is 19.1 Å². The molecule has 1 amide bonds. The molecule has 1 N–H and O–H groups in total. The number of benzene rings is 2. The molecule has 2 aromatic carbocycles. The van der Waals surface area contributed by atoms with E-state index in [0.717, 1.165) is 29.6 Å². The van der Waals surface area contributed by atoms with Crippen molar-refractivity contribution in [1.82, 2.24) is 9.80 Å². The fourth-order valence-electron chi connectivity index (χ4n) is 4.32. The number of carbonyl (C=O) groups is 2. The molecule has 4 rings (SSSR count). The quantitative estimate of drug-likeness (QED) is 0.524. The standard InChI is InChI=1S/C26H28N2O4/c1-4-27(5-2)13-14-28-23(19-11-8-9-17(3)15-19)22(25(30)26(28)31)24(29)21-16-18-10-6-7-12-20(18)32-21/h6-12,15-16,23,30H,4-5,13-14H2,1-3H3. The maximum atomic E-state index is 13.5. The SMILES string of the molecule is CCN(CC)CCN1C(=O)C(O)=C(C(=O)c2cc3ccccc3o2)C1c1cccc(C)c1. The van der Waals surface area contributed by atoms with Gasteiger partial charge in [0, 0.05) is 18.5 Å². The molecule has 166 valence electrons. The zero-order chi connectivity index (χ0) is 22.8. The number of nitrogens with zero attached hydrogens (tertiary/aromatic N) is 2. The summed E-state index contributed by atoms with van der Waals surface area (Å²) in [5, 5.41) is 11.6. The van der Waals surface area contributed by atoms with Gasteiger partial charge in [-0.15, -0.1) is 0 Å². The minimum Gasteiger partial charge on any atom is -0.503 e. The lowest BCUT2D eigenvalue weighted by molar-refractivity contribution is -0.129. The maximum absolute atomic E-state index is 13.5. The van der Waals surface area contributed by atoms with Crippen LogP contribution >= 0.6 is 0 Å². The molecule has 2 heterocycles. The van der Waals surface area contributed by atoms with Crippen LogP contribution in [0, 0.1) is 6.92 Å². The van der Waals surface area contributed by atoms with Gasteiger partial charge in [0.05, 0.1) is 11.6 Å². The van der Waals surface area contributed by atoms with E-state index in [0.29, 0.717) is 18.7 Å². The molecule has 1 aromatic heterocycles. The van der Waals surface area contributed by atoms with Gasteiger partial charge in [-0.1, -0.05) is 61.9 Å². The van der Waals surface area contributed by atoms with Crippen molar-refractivity contribution in [2.45, 2.75) is 26.8 Å². The first kappa shape index (κ1) is 21.8. The second-order valence-corrected chi connectivity index (χ2v) is 8.08. The molecule has 0 saturated heterocycles. The van der Waals surface area contributed by atoms with Crippen molar-refractivity contribution in [3.8, 4) is 0 Å². The van der Waals surface area contributed by atoms with Crippen LogP contribution in [0.5, 0.6) is 0 Å². The van der Waals surface area contributed by atoms with Gasteiger partial charge in [0.15, 0.2) is 11.5 Å². The first-order valence-corrected chi connectivity index (χ1v) is 11.0. The van der Waals surface area contributed by atoms with E-state index in [-0.39, 0.29) is 11.3 Å². The second kappa shape index (κ2) is 9.01. The topological polar surface area (TPSA) is 74.0 Å². The van der Waals surface area contributed by atoms with Crippen molar-refractivity contribution in [3.05, 3.63) is 82.8 Å². The molecule has 1 aliphatic rings. The number of para-hydroxylation sites is 1. The summed E-state index contributed by atoms with van der Waals surface area (Å²) in [6, 6.07) is 16.0. The number of fused-ring (bicyclic) bond motifs is 1. The Labute approximate surface area is 187 Å². The summed E-state index contributed by atoms with van der Waals surface area (Å²) in [5.41, 5.74) is 2.46. The molecular formula is C26H28N2O4. The largest absolute Gasteiger partial charge is 0.503 e. The zero-order valence-electron chi connectivity index (χ0n) is 18.7. The molecule has 0 saturated carbocycles. The van der Waals surface area contributed by atoms with Gasteiger partial charge in [-0.3, -0.25) is 9.59 Å². The predicted octanol–water partition coefficient (Wildman–Crippen LogP) is 4.66. The van der Waals surface area contributed by atoms with E-state index in [9.17, 15) is 14.7 Å². The van der Waals surface area contributed by atoms with Crippen molar-refractivity contribution in [2.24, 2.45) is 0 Å². The number of hydrogen-bond acceptors (Lipinski definition) is 5. The molecule has 0 radical (unpaired) electrons. The summed E-state index contributed by atoms with van der Waals surface area (Å²) in [5.74, 6) is -1.38. The third-order valence-corrected chi connectivity index (χ3v) is 6.11. The van der Waals surface area contributed by atoms with Gasteiger partial charge >= 0.3 is 0 Å². The van der Waals surface area contributed by atoms with Crippen molar-refractivity contribution >= 4 is 22.7 Å². The van der Waals surface area contributed by atoms with E-state index in [2.05, 4.69) is 18.7 Å². The Bertz CT molecular complexity index is 1160. The minimum atomic E-state index is -0.668. The van der Waals surface area contributed by atoms with Gasteiger partial charge in [-0.25, -0.2) is 0 Å². The van der Waals surface area contributed by atoms with E-state index >= 15 is 0 Å². The fourth-order valence-corrected chi connectivity index (χ4v) is 4.32. The molecule has 0 spiro atoms. The normalized spacial score (nSPS) is 16.6. The average Bonchev–Trinajstić information content (AvgIpc) is 3.34. The van der Waals surface area contributed by atoms with Gasteiger partial charge in [0.1, 0.15) is 5.58 Å². The first-order valence-electron chi connectivity index (χ1n) is 11.0. The summed E-state index contributed by atoms with van der Waals surface area (Å²) in [7, 11) is 0. The van der Waals surface area contributed by atoms with E-state index in [1.807, 2.05) is 49.4 Å². The molecular weight excluding hydrogens is 404 g/mol. The number of aliphatic hydroxyl groups is 1. The Hall–Kier alpha value is -3.38. The molecule has 32 heavy (non-hydrogen) atoms. The molecule has 0 aliphatic carbocycles. The number of hydrogen-bond donors (Lipinski definition) is 1. The molecule has 1 unspecified atom stereocenters. The molecule has 0 bridgehead atoms. The number of Topliss-reactive ketones (excluding diaryl/α,β-unsaturated/α-hetero) is 1. The fraction of sp³-hybridized carbons (Fsp3) is 0.308. The summed E-state index contributed by atoms with van der Waals surface area (Å²) in [6.07, 6.45) is 0. The molecule has 0 fully saturated rings. The number of aliphatic hydroxyl groups excluding tert-OH is 1. The minimum absolute atomic E-state index is 0.0687. The highest BCUT2D eigenvalue weighted by Gasteiger charge is 2.44. The number of aryl methyl sites for hydroxylation is 1. The van der Waals surface area contributed by atoms with Crippen molar-refractivity contribution in [3.63, 3.8) is 0 Å². The van der Waals surface area contributed by atoms with Crippen molar-refractivity contribution in [1.29, 1.82) is 0 Å². The molecule has 3 aromatic rings. The van der Waals surface area contributed by atoms with Crippen LogP contribution in [0.25, 0.3) is 11.0 Å². The molecule has 1 aliphatic heterocycles. The Balaban J connectivity index is 1.75. The molecule has 6 heteroatoms. The van der Waals surface area contributed by atoms with Gasteiger partial charge < -0.3 is 19.3 Å². The van der Waals surface area contributed by atoms with Crippen LogP contribution in [0.2, 0.25) is 0 Å². The number of amides is 1. The Morgan fingerprint density at radius 1 is 1.09 bits per heavy atom. The lowest BCUT2D eigenvalue weighted by atomic mass is 9.94. The Kier molecular flexibility index (Phi) is 6.15. The van der Waals surface area contributed by atoms with Gasteiger partial charge in [0.2, 0.25) is 5.78 Å². The molecule has 6 nitrogen and oxygen atoms in total. The van der Waals surface area contributed by atoms with Crippen LogP contribution < -0.4 is 0 Å². The lowest BCUT2D eigenvalue weighted by Crippen LogP contribution is -2.38. The van der Waals surface area contributed by atoms with Crippen LogP contribution in [0.4, 0.5) is 0 Å². The highest BCUT2D eigenvalue weighted by atomic mass is 16.3. The summed E-state index contributed by atoms with van der Waals surface area (Å²) in [6.45, 7) is 8.88. The van der Waals surface area contributed by atoms with E-state index in [4.69, 9.17) is 4.42 Å².